The molecule has 3 aromatic rings. The second kappa shape index (κ2) is 8.45. The van der Waals surface area contributed by atoms with Crippen molar-refractivity contribution in [2.24, 2.45) is 0 Å². The van der Waals surface area contributed by atoms with Crippen molar-refractivity contribution >= 4 is 0 Å². The quantitative estimate of drug-likeness (QED) is 0.707. The van der Waals surface area contributed by atoms with Crippen LogP contribution < -0.4 is 10.3 Å². The van der Waals surface area contributed by atoms with Gasteiger partial charge in [-0.25, -0.2) is 4.39 Å². The van der Waals surface area contributed by atoms with Gasteiger partial charge in [0.1, 0.15) is 18.2 Å². The van der Waals surface area contributed by atoms with E-state index < -0.39 is 0 Å². The zero-order valence-corrected chi connectivity index (χ0v) is 14.3. The van der Waals surface area contributed by atoms with Crippen LogP contribution in [0.2, 0.25) is 0 Å². The summed E-state index contributed by atoms with van der Waals surface area (Å²) in [6.45, 7) is 0.434. The summed E-state index contributed by atoms with van der Waals surface area (Å²) in [5.74, 6) is 0.175. The molecule has 0 amide bonds. The van der Waals surface area contributed by atoms with Crippen molar-refractivity contribution in [3.63, 3.8) is 0 Å². The highest BCUT2D eigenvalue weighted by atomic mass is 19.1. The van der Waals surface area contributed by atoms with Crippen LogP contribution in [0, 0.1) is 5.82 Å². The minimum absolute atomic E-state index is 0.167. The average Bonchev–Trinajstić information content (AvgIpc) is 2.66. The van der Waals surface area contributed by atoms with Crippen LogP contribution in [-0.2, 0) is 13.0 Å². The molecule has 0 unspecified atom stereocenters. The van der Waals surface area contributed by atoms with E-state index in [1.807, 2.05) is 24.3 Å². The van der Waals surface area contributed by atoms with Gasteiger partial charge in [0.15, 0.2) is 0 Å². The predicted molar refractivity (Wildman–Crippen MR) is 98.2 cm³/mol. The summed E-state index contributed by atoms with van der Waals surface area (Å²) >= 11 is 0. The number of aliphatic hydroxyl groups excluding tert-OH is 1. The Hall–Kier alpha value is -2.92. The first-order valence-corrected chi connectivity index (χ1v) is 8.46. The number of hydrogen-bond acceptors (Lipinski definition) is 3. The number of aliphatic hydroxyl groups is 1. The molecule has 0 atom stereocenters. The Bertz CT molecular complexity index is 902. The minimum Gasteiger partial charge on any atom is -0.489 e. The summed E-state index contributed by atoms with van der Waals surface area (Å²) in [6.07, 6.45) is 3.20. The summed E-state index contributed by atoms with van der Waals surface area (Å²) in [6, 6.07) is 16.9. The third-order valence-electron chi connectivity index (χ3n) is 4.05. The van der Waals surface area contributed by atoms with Crippen molar-refractivity contribution in [1.82, 2.24) is 4.57 Å². The Morgan fingerprint density at radius 1 is 0.962 bits per heavy atom. The van der Waals surface area contributed by atoms with E-state index in [4.69, 9.17) is 9.84 Å². The zero-order chi connectivity index (χ0) is 18.4. The molecule has 0 fully saturated rings. The van der Waals surface area contributed by atoms with E-state index in [0.29, 0.717) is 5.75 Å². The molecule has 0 aliphatic rings. The van der Waals surface area contributed by atoms with Crippen LogP contribution in [0.25, 0.3) is 5.69 Å². The molecule has 134 valence electrons. The molecule has 0 radical (unpaired) electrons. The number of aromatic nitrogens is 1. The first-order valence-electron chi connectivity index (χ1n) is 8.46. The molecule has 0 saturated carbocycles. The molecule has 0 aliphatic heterocycles. The monoisotopic (exact) mass is 353 g/mol. The van der Waals surface area contributed by atoms with Gasteiger partial charge >= 0.3 is 0 Å². The summed E-state index contributed by atoms with van der Waals surface area (Å²) in [7, 11) is 0. The van der Waals surface area contributed by atoms with Crippen LogP contribution >= 0.6 is 0 Å². The maximum atomic E-state index is 12.9. The number of ether oxygens (including phenoxy) is 1. The Kier molecular flexibility index (Phi) is 5.81. The summed E-state index contributed by atoms with van der Waals surface area (Å²) in [5.41, 5.74) is 2.53. The minimum atomic E-state index is -0.293. The fourth-order valence-corrected chi connectivity index (χ4v) is 2.62. The largest absolute Gasteiger partial charge is 0.489 e. The van der Waals surface area contributed by atoms with Crippen molar-refractivity contribution in [1.29, 1.82) is 0 Å². The second-order valence-electron chi connectivity index (χ2n) is 5.98. The van der Waals surface area contributed by atoms with Crippen molar-refractivity contribution in [2.45, 2.75) is 19.4 Å². The Morgan fingerprint density at radius 3 is 2.31 bits per heavy atom. The first-order chi connectivity index (χ1) is 12.7. The number of pyridine rings is 1. The number of benzene rings is 2. The van der Waals surface area contributed by atoms with Crippen molar-refractivity contribution in [2.75, 3.05) is 6.61 Å². The lowest BCUT2D eigenvalue weighted by molar-refractivity contribution is 0.288. The van der Waals surface area contributed by atoms with Crippen molar-refractivity contribution < 1.29 is 14.2 Å². The van der Waals surface area contributed by atoms with E-state index in [2.05, 4.69) is 0 Å². The molecule has 2 aromatic carbocycles. The Labute approximate surface area is 151 Å². The summed E-state index contributed by atoms with van der Waals surface area (Å²) in [4.78, 5) is 12.4. The Morgan fingerprint density at radius 2 is 1.65 bits per heavy atom. The molecule has 0 saturated heterocycles. The maximum absolute atomic E-state index is 12.9. The van der Waals surface area contributed by atoms with Crippen LogP contribution in [0.3, 0.4) is 0 Å². The first kappa shape index (κ1) is 17.9. The van der Waals surface area contributed by atoms with Crippen LogP contribution in [-0.4, -0.2) is 16.3 Å². The van der Waals surface area contributed by atoms with Gasteiger partial charge in [0.05, 0.1) is 0 Å². The number of halogens is 1. The molecule has 1 N–H and O–H groups in total. The van der Waals surface area contributed by atoms with Gasteiger partial charge in [-0.1, -0.05) is 24.3 Å². The zero-order valence-electron chi connectivity index (χ0n) is 14.3. The average molecular weight is 353 g/mol. The van der Waals surface area contributed by atoms with Gasteiger partial charge in [-0.3, -0.25) is 9.36 Å². The van der Waals surface area contributed by atoms with E-state index in [-0.39, 0.29) is 24.6 Å². The van der Waals surface area contributed by atoms with E-state index >= 15 is 0 Å². The number of hydrogen-bond donors (Lipinski definition) is 1. The van der Waals surface area contributed by atoms with Gasteiger partial charge < -0.3 is 9.84 Å². The fourth-order valence-electron chi connectivity index (χ4n) is 2.62. The lowest BCUT2D eigenvalue weighted by Gasteiger charge is -2.10. The van der Waals surface area contributed by atoms with Gasteiger partial charge in [-0.2, -0.15) is 0 Å². The molecule has 1 heterocycles. The number of aryl methyl sites for hydroxylation is 1. The smallest absolute Gasteiger partial charge is 0.258 e. The lowest BCUT2D eigenvalue weighted by atomic mass is 10.1. The molecular formula is C21H20FNO3. The second-order valence-corrected chi connectivity index (χ2v) is 5.98. The third-order valence-corrected chi connectivity index (χ3v) is 4.05. The van der Waals surface area contributed by atoms with Crippen LogP contribution in [0.1, 0.15) is 17.5 Å². The molecule has 4 nitrogen and oxygen atoms in total. The van der Waals surface area contributed by atoms with Gasteiger partial charge in [0.2, 0.25) is 0 Å². The van der Waals surface area contributed by atoms with Gasteiger partial charge in [-0.05, 0) is 54.3 Å². The molecule has 0 aliphatic carbocycles. The normalized spacial score (nSPS) is 10.7. The molecule has 0 bridgehead atoms. The van der Waals surface area contributed by atoms with E-state index in [1.54, 1.807) is 29.0 Å². The SMILES string of the molecule is O=c1cc(OCc2ccc(F)cc2)ccn1-c1ccc(CCCO)cc1. The lowest BCUT2D eigenvalue weighted by Crippen LogP contribution is -2.16. The van der Waals surface area contributed by atoms with Crippen LogP contribution in [0.15, 0.2) is 71.7 Å². The number of nitrogens with zero attached hydrogens (tertiary/aromatic N) is 1. The highest BCUT2D eigenvalue weighted by Gasteiger charge is 2.03. The third kappa shape index (κ3) is 4.58. The standard InChI is InChI=1S/C21H20FNO3/c22-18-7-3-17(4-8-18)15-26-20-11-12-23(21(25)14-20)19-9-5-16(6-10-19)2-1-13-24/h3-12,14,24H,1-2,13,15H2. The van der Waals surface area contributed by atoms with Crippen molar-refractivity contribution in [3.05, 3.63) is 94.2 Å². The van der Waals surface area contributed by atoms with Gasteiger partial charge in [0.25, 0.3) is 5.56 Å². The summed E-state index contributed by atoms with van der Waals surface area (Å²) in [5, 5.41) is 8.88. The molecule has 5 heteroatoms. The highest BCUT2D eigenvalue weighted by molar-refractivity contribution is 5.36. The van der Waals surface area contributed by atoms with Gasteiger partial charge in [-0.15, -0.1) is 0 Å². The molecule has 26 heavy (non-hydrogen) atoms. The van der Waals surface area contributed by atoms with Gasteiger partial charge in [0, 0.05) is 24.6 Å². The van der Waals surface area contributed by atoms with E-state index in [9.17, 15) is 9.18 Å². The number of rotatable bonds is 7. The van der Waals surface area contributed by atoms with E-state index in [1.165, 1.54) is 18.2 Å². The van der Waals surface area contributed by atoms with Crippen LogP contribution in [0.5, 0.6) is 5.75 Å². The fraction of sp³-hybridized carbons (Fsp3) is 0.190. The van der Waals surface area contributed by atoms with E-state index in [0.717, 1.165) is 29.7 Å². The van der Waals surface area contributed by atoms with Crippen molar-refractivity contribution in [3.8, 4) is 11.4 Å². The topological polar surface area (TPSA) is 51.5 Å². The Balaban J connectivity index is 1.69. The molecular weight excluding hydrogens is 333 g/mol. The molecule has 0 spiro atoms. The van der Waals surface area contributed by atoms with Crippen LogP contribution in [0.4, 0.5) is 4.39 Å². The molecule has 1 aromatic heterocycles. The maximum Gasteiger partial charge on any atom is 0.258 e. The highest BCUT2D eigenvalue weighted by Crippen LogP contribution is 2.14. The molecule has 3 rings (SSSR count). The summed E-state index contributed by atoms with van der Waals surface area (Å²) < 4.78 is 20.0. The predicted octanol–water partition coefficient (Wildman–Crippen LogP) is 3.48.